The molecular formula is C16H14F4O. The lowest BCUT2D eigenvalue weighted by atomic mass is 9.83. The highest BCUT2D eigenvalue weighted by Crippen LogP contribution is 2.37. The average Bonchev–Trinajstić information content (AvgIpc) is 2.46. The molecule has 0 aliphatic rings. The van der Waals surface area contributed by atoms with Crippen molar-refractivity contribution in [2.45, 2.75) is 25.1 Å². The third-order valence-corrected chi connectivity index (χ3v) is 3.51. The van der Waals surface area contributed by atoms with Gasteiger partial charge in [-0.15, -0.1) is 0 Å². The smallest absolute Gasteiger partial charge is 0.380 e. The maximum Gasteiger partial charge on any atom is 0.419 e. The van der Waals surface area contributed by atoms with Gasteiger partial charge in [-0.2, -0.15) is 13.2 Å². The van der Waals surface area contributed by atoms with Gasteiger partial charge in [0, 0.05) is 0 Å². The zero-order chi connectivity index (χ0) is 15.7. The largest absolute Gasteiger partial charge is 0.419 e. The summed E-state index contributed by atoms with van der Waals surface area (Å²) < 4.78 is 51.8. The molecule has 0 amide bonds. The number of hydrogen-bond donors (Lipinski definition) is 1. The molecule has 0 aliphatic heterocycles. The molecule has 0 saturated heterocycles. The molecular weight excluding hydrogens is 284 g/mol. The van der Waals surface area contributed by atoms with E-state index in [2.05, 4.69) is 0 Å². The maximum absolute atomic E-state index is 13.4. The van der Waals surface area contributed by atoms with E-state index in [0.717, 1.165) is 6.07 Å². The summed E-state index contributed by atoms with van der Waals surface area (Å²) in [6.07, 6.45) is -4.63. The van der Waals surface area contributed by atoms with Crippen molar-refractivity contribution in [1.82, 2.24) is 0 Å². The van der Waals surface area contributed by atoms with Crippen molar-refractivity contribution < 1.29 is 22.7 Å². The average molecular weight is 298 g/mol. The molecule has 0 heterocycles. The normalized spacial score (nSPS) is 14.8. The van der Waals surface area contributed by atoms with E-state index in [0.29, 0.717) is 11.6 Å². The summed E-state index contributed by atoms with van der Waals surface area (Å²) in [4.78, 5) is 0. The number of aliphatic hydroxyl groups is 1. The van der Waals surface area contributed by atoms with E-state index in [1.807, 2.05) is 0 Å². The zero-order valence-corrected chi connectivity index (χ0v) is 11.3. The minimum atomic E-state index is -4.80. The molecule has 0 saturated carbocycles. The summed E-state index contributed by atoms with van der Waals surface area (Å²) in [7, 11) is 0. The van der Waals surface area contributed by atoms with Gasteiger partial charge in [0.15, 0.2) is 0 Å². The van der Waals surface area contributed by atoms with Crippen molar-refractivity contribution in [3.8, 4) is 0 Å². The predicted octanol–water partition coefficient (Wildman–Crippen LogP) is 4.49. The molecule has 0 aromatic heterocycles. The third kappa shape index (κ3) is 2.93. The number of rotatable bonds is 3. The lowest BCUT2D eigenvalue weighted by molar-refractivity contribution is -0.140. The van der Waals surface area contributed by atoms with Crippen molar-refractivity contribution in [3.63, 3.8) is 0 Å². The first-order valence-electron chi connectivity index (χ1n) is 6.44. The second-order valence-electron chi connectivity index (χ2n) is 4.77. The van der Waals surface area contributed by atoms with Crippen LogP contribution in [0.2, 0.25) is 0 Å². The Morgan fingerprint density at radius 3 is 2.10 bits per heavy atom. The van der Waals surface area contributed by atoms with Gasteiger partial charge in [0.2, 0.25) is 0 Å². The first-order chi connectivity index (χ1) is 9.79. The minimum absolute atomic E-state index is 0.0184. The molecule has 0 spiro atoms. The highest BCUT2D eigenvalue weighted by Gasteiger charge is 2.37. The van der Waals surface area contributed by atoms with Gasteiger partial charge in [-0.3, -0.25) is 0 Å². The van der Waals surface area contributed by atoms with Gasteiger partial charge >= 0.3 is 6.18 Å². The molecule has 21 heavy (non-hydrogen) atoms. The van der Waals surface area contributed by atoms with E-state index in [1.165, 1.54) is 6.07 Å². The van der Waals surface area contributed by atoms with Gasteiger partial charge in [-0.1, -0.05) is 43.3 Å². The molecule has 5 heteroatoms. The van der Waals surface area contributed by atoms with Crippen molar-refractivity contribution in [1.29, 1.82) is 0 Å². The molecule has 0 bridgehead atoms. The summed E-state index contributed by atoms with van der Waals surface area (Å²) in [6, 6.07) is 11.0. The van der Waals surface area contributed by atoms with Gasteiger partial charge < -0.3 is 5.11 Å². The van der Waals surface area contributed by atoms with Gasteiger partial charge in [0.05, 0.1) is 5.56 Å². The van der Waals surface area contributed by atoms with Crippen LogP contribution in [0.5, 0.6) is 0 Å². The monoisotopic (exact) mass is 298 g/mol. The Morgan fingerprint density at radius 2 is 1.57 bits per heavy atom. The number of benzene rings is 2. The first-order valence-corrected chi connectivity index (χ1v) is 6.44. The summed E-state index contributed by atoms with van der Waals surface area (Å²) in [5.41, 5.74) is -2.48. The molecule has 0 aliphatic carbocycles. The van der Waals surface area contributed by atoms with Crippen molar-refractivity contribution >= 4 is 0 Å². The van der Waals surface area contributed by atoms with E-state index in [4.69, 9.17) is 0 Å². The van der Waals surface area contributed by atoms with Crippen LogP contribution in [0.4, 0.5) is 17.6 Å². The Bertz CT molecular complexity index is 622. The minimum Gasteiger partial charge on any atom is -0.380 e. The molecule has 2 aromatic rings. The Hall–Kier alpha value is -1.88. The lowest BCUT2D eigenvalue weighted by Gasteiger charge is -2.28. The summed E-state index contributed by atoms with van der Waals surface area (Å²) in [6.45, 7) is 1.66. The third-order valence-electron chi connectivity index (χ3n) is 3.51. The lowest BCUT2D eigenvalue weighted by Crippen LogP contribution is -2.27. The van der Waals surface area contributed by atoms with Gasteiger partial charge in [-0.25, -0.2) is 4.39 Å². The molecule has 0 radical (unpaired) electrons. The zero-order valence-electron chi connectivity index (χ0n) is 11.3. The SMILES string of the molecule is CCC(O)(c1ccccc1)c1ccc(F)c(C(F)(F)F)c1. The van der Waals surface area contributed by atoms with Crippen LogP contribution in [0.25, 0.3) is 0 Å². The molecule has 1 atom stereocenters. The van der Waals surface area contributed by atoms with Crippen LogP contribution in [-0.4, -0.2) is 5.11 Å². The molecule has 1 N–H and O–H groups in total. The Kier molecular flexibility index (Phi) is 4.05. The van der Waals surface area contributed by atoms with Crippen LogP contribution in [0, 0.1) is 5.82 Å². The van der Waals surface area contributed by atoms with Gasteiger partial charge in [0.1, 0.15) is 11.4 Å². The fourth-order valence-electron chi connectivity index (χ4n) is 2.29. The van der Waals surface area contributed by atoms with Crippen LogP contribution in [0.15, 0.2) is 48.5 Å². The summed E-state index contributed by atoms with van der Waals surface area (Å²) >= 11 is 0. The molecule has 1 unspecified atom stereocenters. The molecule has 112 valence electrons. The van der Waals surface area contributed by atoms with Crippen LogP contribution >= 0.6 is 0 Å². The molecule has 2 aromatic carbocycles. The first kappa shape index (κ1) is 15.5. The quantitative estimate of drug-likeness (QED) is 0.828. The Balaban J connectivity index is 2.59. The fraction of sp³-hybridized carbons (Fsp3) is 0.250. The number of hydrogen-bond acceptors (Lipinski definition) is 1. The summed E-state index contributed by atoms with van der Waals surface area (Å²) in [5.74, 6) is -1.35. The highest BCUT2D eigenvalue weighted by atomic mass is 19.4. The highest BCUT2D eigenvalue weighted by molar-refractivity contribution is 5.39. The van der Waals surface area contributed by atoms with Crippen molar-refractivity contribution in [2.75, 3.05) is 0 Å². The Morgan fingerprint density at radius 1 is 0.952 bits per heavy atom. The topological polar surface area (TPSA) is 20.2 Å². The van der Waals surface area contributed by atoms with Gasteiger partial charge in [0.25, 0.3) is 0 Å². The van der Waals surface area contributed by atoms with E-state index in [9.17, 15) is 22.7 Å². The van der Waals surface area contributed by atoms with E-state index in [-0.39, 0.29) is 12.0 Å². The van der Waals surface area contributed by atoms with Crippen LogP contribution in [0.3, 0.4) is 0 Å². The number of alkyl halides is 3. The molecule has 1 nitrogen and oxygen atoms in total. The molecule has 2 rings (SSSR count). The Labute approximate surface area is 119 Å². The fourth-order valence-corrected chi connectivity index (χ4v) is 2.29. The predicted molar refractivity (Wildman–Crippen MR) is 71.1 cm³/mol. The maximum atomic E-state index is 13.4. The number of halogens is 4. The van der Waals surface area contributed by atoms with E-state index < -0.39 is 23.2 Å². The summed E-state index contributed by atoms with van der Waals surface area (Å²) in [5, 5.41) is 10.8. The van der Waals surface area contributed by atoms with Gasteiger partial charge in [-0.05, 0) is 29.7 Å². The van der Waals surface area contributed by atoms with Crippen LogP contribution < -0.4 is 0 Å². The molecule has 0 fully saturated rings. The van der Waals surface area contributed by atoms with Crippen LogP contribution in [-0.2, 0) is 11.8 Å². The van der Waals surface area contributed by atoms with Crippen molar-refractivity contribution in [2.24, 2.45) is 0 Å². The van der Waals surface area contributed by atoms with Crippen LogP contribution in [0.1, 0.15) is 30.0 Å². The second kappa shape index (κ2) is 5.48. The van der Waals surface area contributed by atoms with Crippen molar-refractivity contribution in [3.05, 3.63) is 71.0 Å². The standard InChI is InChI=1S/C16H14F4O/c1-2-15(21,11-6-4-3-5-7-11)12-8-9-14(17)13(10-12)16(18,19)20/h3-10,21H,2H2,1H3. The van der Waals surface area contributed by atoms with E-state index in [1.54, 1.807) is 37.3 Å². The van der Waals surface area contributed by atoms with E-state index >= 15 is 0 Å². The second-order valence-corrected chi connectivity index (χ2v) is 4.77.